The highest BCUT2D eigenvalue weighted by Gasteiger charge is 2.15. The van der Waals surface area contributed by atoms with Crippen molar-refractivity contribution in [1.29, 1.82) is 0 Å². The van der Waals surface area contributed by atoms with Crippen molar-refractivity contribution in [2.24, 2.45) is 0 Å². The molecule has 0 bridgehead atoms. The first kappa shape index (κ1) is 13.9. The molecule has 1 amide bonds. The predicted molar refractivity (Wildman–Crippen MR) is 67.2 cm³/mol. The van der Waals surface area contributed by atoms with E-state index in [1.54, 1.807) is 0 Å². The monoisotopic (exact) mass is 252 g/mol. The lowest BCUT2D eigenvalue weighted by molar-refractivity contribution is -0.385. The number of carbonyl (C=O) groups is 1. The Hall–Kier alpha value is -2.18. The number of unbranched alkanes of at least 4 members (excludes halogenated alkanes) is 2. The number of hydrogen-bond acceptors (Lipinski definition) is 5. The van der Waals surface area contributed by atoms with E-state index in [0.29, 0.717) is 6.54 Å². The molecule has 0 radical (unpaired) electrons. The van der Waals surface area contributed by atoms with Crippen molar-refractivity contribution < 1.29 is 9.72 Å². The number of nitrogens with two attached hydrogens (primary N) is 1. The van der Waals surface area contributed by atoms with Gasteiger partial charge in [0.05, 0.1) is 10.5 Å². The molecule has 0 saturated heterocycles. The van der Waals surface area contributed by atoms with Crippen molar-refractivity contribution in [3.63, 3.8) is 0 Å². The maximum Gasteiger partial charge on any atom is 0.288 e. The van der Waals surface area contributed by atoms with Gasteiger partial charge in [-0.25, -0.2) is 4.98 Å². The maximum absolute atomic E-state index is 11.7. The number of hydrogen-bond donors (Lipinski definition) is 2. The zero-order valence-corrected chi connectivity index (χ0v) is 10.2. The Kier molecular flexibility index (Phi) is 5.04. The highest BCUT2D eigenvalue weighted by atomic mass is 16.6. The first-order valence-corrected chi connectivity index (χ1v) is 5.74. The van der Waals surface area contributed by atoms with Crippen molar-refractivity contribution in [2.45, 2.75) is 26.2 Å². The highest BCUT2D eigenvalue weighted by Crippen LogP contribution is 2.16. The van der Waals surface area contributed by atoms with Crippen LogP contribution in [-0.4, -0.2) is 22.4 Å². The van der Waals surface area contributed by atoms with Crippen LogP contribution in [-0.2, 0) is 0 Å². The Morgan fingerprint density at radius 2 is 2.28 bits per heavy atom. The van der Waals surface area contributed by atoms with E-state index >= 15 is 0 Å². The van der Waals surface area contributed by atoms with Gasteiger partial charge in [0.2, 0.25) is 0 Å². The molecule has 0 fully saturated rings. The van der Waals surface area contributed by atoms with Gasteiger partial charge in [-0.1, -0.05) is 19.8 Å². The number of nitro groups is 1. The van der Waals surface area contributed by atoms with E-state index < -0.39 is 10.8 Å². The van der Waals surface area contributed by atoms with Crippen LogP contribution in [0.15, 0.2) is 12.3 Å². The van der Waals surface area contributed by atoms with Crippen molar-refractivity contribution >= 4 is 17.4 Å². The van der Waals surface area contributed by atoms with Gasteiger partial charge in [0, 0.05) is 12.6 Å². The number of aromatic nitrogens is 1. The SMILES string of the molecule is CCCCCNC(=O)c1cc([N+](=O)[O-])cnc1N. The molecule has 0 saturated carbocycles. The van der Waals surface area contributed by atoms with E-state index in [1.165, 1.54) is 0 Å². The van der Waals surface area contributed by atoms with Gasteiger partial charge in [-0.05, 0) is 6.42 Å². The number of nitrogens with zero attached hydrogens (tertiary/aromatic N) is 2. The van der Waals surface area contributed by atoms with Gasteiger partial charge in [-0.3, -0.25) is 14.9 Å². The van der Waals surface area contributed by atoms with Gasteiger partial charge in [0.25, 0.3) is 11.6 Å². The van der Waals surface area contributed by atoms with E-state index in [2.05, 4.69) is 17.2 Å². The lowest BCUT2D eigenvalue weighted by Crippen LogP contribution is -2.25. The number of amides is 1. The summed E-state index contributed by atoms with van der Waals surface area (Å²) < 4.78 is 0. The topological polar surface area (TPSA) is 111 Å². The molecule has 7 nitrogen and oxygen atoms in total. The minimum absolute atomic E-state index is 0.00593. The second kappa shape index (κ2) is 6.53. The smallest absolute Gasteiger partial charge is 0.288 e. The number of carbonyl (C=O) groups excluding carboxylic acids is 1. The van der Waals surface area contributed by atoms with E-state index in [0.717, 1.165) is 31.5 Å². The lowest BCUT2D eigenvalue weighted by atomic mass is 10.2. The molecule has 0 aliphatic carbocycles. The van der Waals surface area contributed by atoms with Crippen LogP contribution < -0.4 is 11.1 Å². The second-order valence-corrected chi connectivity index (χ2v) is 3.85. The van der Waals surface area contributed by atoms with Crippen LogP contribution in [0.4, 0.5) is 11.5 Å². The van der Waals surface area contributed by atoms with Crippen LogP contribution in [0.5, 0.6) is 0 Å². The van der Waals surface area contributed by atoms with Gasteiger partial charge >= 0.3 is 0 Å². The van der Waals surface area contributed by atoms with Gasteiger partial charge in [-0.2, -0.15) is 0 Å². The van der Waals surface area contributed by atoms with Gasteiger partial charge in [0.15, 0.2) is 0 Å². The summed E-state index contributed by atoms with van der Waals surface area (Å²) >= 11 is 0. The van der Waals surface area contributed by atoms with E-state index in [9.17, 15) is 14.9 Å². The largest absolute Gasteiger partial charge is 0.383 e. The van der Waals surface area contributed by atoms with Crippen molar-refractivity contribution in [3.05, 3.63) is 27.9 Å². The molecule has 0 aromatic carbocycles. The Morgan fingerprint density at radius 3 is 2.89 bits per heavy atom. The molecule has 1 aromatic heterocycles. The molecular formula is C11H16N4O3. The van der Waals surface area contributed by atoms with Crippen LogP contribution in [0, 0.1) is 10.1 Å². The first-order valence-electron chi connectivity index (χ1n) is 5.74. The minimum Gasteiger partial charge on any atom is -0.383 e. The fourth-order valence-electron chi connectivity index (χ4n) is 1.42. The van der Waals surface area contributed by atoms with Gasteiger partial charge < -0.3 is 11.1 Å². The summed E-state index contributed by atoms with van der Waals surface area (Å²) in [5, 5.41) is 13.2. The Bertz CT molecular complexity index is 448. The molecular weight excluding hydrogens is 236 g/mol. The minimum atomic E-state index is -0.611. The summed E-state index contributed by atoms with van der Waals surface area (Å²) in [5.74, 6) is -0.437. The predicted octanol–water partition coefficient (Wildman–Crippen LogP) is 1.49. The molecule has 1 heterocycles. The summed E-state index contributed by atoms with van der Waals surface area (Å²) in [4.78, 5) is 25.4. The van der Waals surface area contributed by atoms with Gasteiger partial charge in [0.1, 0.15) is 12.0 Å². The number of anilines is 1. The van der Waals surface area contributed by atoms with Crippen molar-refractivity contribution in [3.8, 4) is 0 Å². The summed E-state index contributed by atoms with van der Waals surface area (Å²) in [6.07, 6.45) is 3.97. The zero-order valence-electron chi connectivity index (χ0n) is 10.2. The zero-order chi connectivity index (χ0) is 13.5. The number of nitrogens with one attached hydrogen (secondary N) is 1. The van der Waals surface area contributed by atoms with Gasteiger partial charge in [-0.15, -0.1) is 0 Å². The third kappa shape index (κ3) is 3.69. The molecule has 0 aliphatic heterocycles. The second-order valence-electron chi connectivity index (χ2n) is 3.85. The Balaban J connectivity index is 2.72. The third-order valence-electron chi connectivity index (χ3n) is 2.43. The third-order valence-corrected chi connectivity index (χ3v) is 2.43. The number of pyridine rings is 1. The fourth-order valence-corrected chi connectivity index (χ4v) is 1.42. The molecule has 18 heavy (non-hydrogen) atoms. The van der Waals surface area contributed by atoms with Crippen LogP contribution in [0.25, 0.3) is 0 Å². The standard InChI is InChI=1S/C11H16N4O3/c1-2-3-4-5-13-11(16)9-6-8(15(17)18)7-14-10(9)12/h6-7H,2-5H2,1H3,(H2,12,14)(H,13,16). The van der Waals surface area contributed by atoms with Crippen LogP contribution in [0.1, 0.15) is 36.5 Å². The maximum atomic E-state index is 11.7. The summed E-state index contributed by atoms with van der Waals surface area (Å²) in [6, 6.07) is 1.14. The molecule has 98 valence electrons. The van der Waals surface area contributed by atoms with Crippen LogP contribution in [0.3, 0.4) is 0 Å². The fraction of sp³-hybridized carbons (Fsp3) is 0.455. The molecule has 0 atom stereocenters. The Labute approximate surface area is 105 Å². The molecule has 0 aliphatic rings. The summed E-state index contributed by atoms with van der Waals surface area (Å²) in [5.41, 5.74) is 5.32. The molecule has 3 N–H and O–H groups in total. The quantitative estimate of drug-likeness (QED) is 0.452. The highest BCUT2D eigenvalue weighted by molar-refractivity contribution is 5.98. The lowest BCUT2D eigenvalue weighted by Gasteiger charge is -2.06. The molecule has 1 rings (SSSR count). The average Bonchev–Trinajstić information content (AvgIpc) is 2.34. The van der Waals surface area contributed by atoms with Crippen molar-refractivity contribution in [2.75, 3.05) is 12.3 Å². The molecule has 0 unspecified atom stereocenters. The van der Waals surface area contributed by atoms with E-state index in [-0.39, 0.29) is 17.1 Å². The normalized spacial score (nSPS) is 10.1. The van der Waals surface area contributed by atoms with E-state index in [1.807, 2.05) is 0 Å². The summed E-state index contributed by atoms with van der Waals surface area (Å²) in [7, 11) is 0. The van der Waals surface area contributed by atoms with Crippen molar-refractivity contribution in [1.82, 2.24) is 10.3 Å². The first-order chi connectivity index (χ1) is 8.56. The van der Waals surface area contributed by atoms with E-state index in [4.69, 9.17) is 5.73 Å². The number of nitrogen functional groups attached to an aromatic ring is 1. The average molecular weight is 252 g/mol. The number of rotatable bonds is 6. The summed E-state index contributed by atoms with van der Waals surface area (Å²) in [6.45, 7) is 2.58. The van der Waals surface area contributed by atoms with Crippen LogP contribution in [0.2, 0.25) is 0 Å². The molecule has 0 spiro atoms. The Morgan fingerprint density at radius 1 is 1.56 bits per heavy atom. The molecule has 1 aromatic rings. The van der Waals surface area contributed by atoms with Crippen LogP contribution >= 0.6 is 0 Å². The molecule has 7 heteroatoms.